The van der Waals surface area contributed by atoms with Crippen molar-refractivity contribution in [3.8, 4) is 6.07 Å². The molecule has 1 atom stereocenters. The zero-order valence-corrected chi connectivity index (χ0v) is 15.4. The van der Waals surface area contributed by atoms with Gasteiger partial charge in [-0.2, -0.15) is 9.57 Å². The normalized spacial score (nSPS) is 17.4. The van der Waals surface area contributed by atoms with E-state index in [4.69, 9.17) is 0 Å². The molecule has 142 valence electrons. The maximum absolute atomic E-state index is 14.0. The van der Waals surface area contributed by atoms with E-state index in [-0.39, 0.29) is 18.8 Å². The first kappa shape index (κ1) is 19.4. The van der Waals surface area contributed by atoms with Gasteiger partial charge in [0.05, 0.1) is 11.8 Å². The van der Waals surface area contributed by atoms with Gasteiger partial charge in [-0.05, 0) is 23.8 Å². The second kappa shape index (κ2) is 8.13. The highest BCUT2D eigenvalue weighted by Crippen LogP contribution is 2.25. The fraction of sp³-hybridized carbons (Fsp3) is 0.316. The van der Waals surface area contributed by atoms with Crippen LogP contribution in [0.5, 0.6) is 0 Å². The van der Waals surface area contributed by atoms with Crippen LogP contribution in [0.3, 0.4) is 0 Å². The van der Waals surface area contributed by atoms with Gasteiger partial charge in [0.2, 0.25) is 10.0 Å². The first-order valence-corrected chi connectivity index (χ1v) is 10.1. The average molecular weight is 391 g/mol. The number of rotatable bonds is 5. The van der Waals surface area contributed by atoms with Crippen LogP contribution in [0.2, 0.25) is 0 Å². The Morgan fingerprint density at radius 1 is 1.00 bits per heavy atom. The minimum Gasteiger partial charge on any atom is -0.282 e. The van der Waals surface area contributed by atoms with Crippen LogP contribution in [0.4, 0.5) is 8.78 Å². The molecule has 1 aliphatic heterocycles. The average Bonchev–Trinajstić information content (AvgIpc) is 2.66. The summed E-state index contributed by atoms with van der Waals surface area (Å²) in [6.45, 7) is 1.09. The van der Waals surface area contributed by atoms with Crippen molar-refractivity contribution < 1.29 is 17.2 Å². The molecule has 27 heavy (non-hydrogen) atoms. The van der Waals surface area contributed by atoms with Crippen LogP contribution in [0, 0.1) is 23.0 Å². The number of sulfonamides is 1. The predicted molar refractivity (Wildman–Crippen MR) is 96.9 cm³/mol. The molecule has 0 spiro atoms. The second-order valence-electron chi connectivity index (χ2n) is 6.37. The van der Waals surface area contributed by atoms with E-state index in [1.807, 2.05) is 0 Å². The lowest BCUT2D eigenvalue weighted by Gasteiger charge is -2.36. The van der Waals surface area contributed by atoms with Gasteiger partial charge in [0.15, 0.2) is 0 Å². The van der Waals surface area contributed by atoms with Crippen LogP contribution < -0.4 is 0 Å². The number of nitrogens with zero attached hydrogens (tertiary/aromatic N) is 3. The first-order chi connectivity index (χ1) is 12.9. The maximum atomic E-state index is 14.0. The number of halogens is 2. The third kappa shape index (κ3) is 4.50. The molecule has 1 heterocycles. The van der Waals surface area contributed by atoms with Crippen molar-refractivity contribution in [2.24, 2.45) is 0 Å². The summed E-state index contributed by atoms with van der Waals surface area (Å²) in [7, 11) is -3.55. The number of nitriles is 1. The van der Waals surface area contributed by atoms with Crippen molar-refractivity contribution in [2.75, 3.05) is 26.2 Å². The third-order valence-corrected chi connectivity index (χ3v) is 6.47. The minimum absolute atomic E-state index is 0.206. The number of benzene rings is 2. The van der Waals surface area contributed by atoms with Gasteiger partial charge in [-0.15, -0.1) is 0 Å². The third-order valence-electron chi connectivity index (χ3n) is 4.62. The van der Waals surface area contributed by atoms with Crippen molar-refractivity contribution in [2.45, 2.75) is 11.8 Å². The van der Waals surface area contributed by atoms with Crippen molar-refractivity contribution in [1.82, 2.24) is 9.21 Å². The van der Waals surface area contributed by atoms with Crippen molar-refractivity contribution in [3.05, 3.63) is 71.3 Å². The highest BCUT2D eigenvalue weighted by molar-refractivity contribution is 7.88. The fourth-order valence-electron chi connectivity index (χ4n) is 3.17. The van der Waals surface area contributed by atoms with Gasteiger partial charge < -0.3 is 0 Å². The van der Waals surface area contributed by atoms with Crippen LogP contribution in [-0.4, -0.2) is 43.8 Å². The van der Waals surface area contributed by atoms with E-state index in [0.29, 0.717) is 24.2 Å². The van der Waals surface area contributed by atoms with Crippen LogP contribution >= 0.6 is 0 Å². The Morgan fingerprint density at radius 3 is 2.22 bits per heavy atom. The molecule has 0 amide bonds. The lowest BCUT2D eigenvalue weighted by atomic mass is 10.1. The Hall–Kier alpha value is -2.34. The molecular formula is C19H19F2N3O2S. The van der Waals surface area contributed by atoms with Gasteiger partial charge in [-0.3, -0.25) is 4.90 Å². The van der Waals surface area contributed by atoms with Crippen molar-refractivity contribution in [3.63, 3.8) is 0 Å². The van der Waals surface area contributed by atoms with E-state index in [2.05, 4.69) is 6.07 Å². The Labute approximate surface area is 157 Å². The fourth-order valence-corrected chi connectivity index (χ4v) is 4.68. The molecule has 2 aromatic carbocycles. The molecule has 1 saturated heterocycles. The van der Waals surface area contributed by atoms with Crippen LogP contribution in [0.25, 0.3) is 0 Å². The standard InChI is InChI=1S/C19H19F2N3O2S/c20-16-7-5-15(6-8-16)14-27(25,26)24-11-9-23(10-12-24)19(13-22)17-3-1-2-4-18(17)21/h1-8,19H,9-12,14H2. The quantitative estimate of drug-likeness (QED) is 0.786. The van der Waals surface area contributed by atoms with Crippen LogP contribution in [0.1, 0.15) is 17.2 Å². The molecule has 1 aliphatic rings. The zero-order chi connectivity index (χ0) is 19.4. The van der Waals surface area contributed by atoms with Gasteiger partial charge in [-0.25, -0.2) is 17.2 Å². The topological polar surface area (TPSA) is 64.4 Å². The summed E-state index contributed by atoms with van der Waals surface area (Å²) in [6.07, 6.45) is 0. The van der Waals surface area contributed by atoms with Crippen LogP contribution in [0.15, 0.2) is 48.5 Å². The largest absolute Gasteiger partial charge is 0.282 e. The van der Waals surface area contributed by atoms with E-state index < -0.39 is 27.7 Å². The molecule has 3 rings (SSSR count). The zero-order valence-electron chi connectivity index (χ0n) is 14.6. The van der Waals surface area contributed by atoms with E-state index in [0.717, 1.165) is 0 Å². The molecule has 0 bridgehead atoms. The highest BCUT2D eigenvalue weighted by Gasteiger charge is 2.31. The molecule has 0 aromatic heterocycles. The molecule has 5 nitrogen and oxygen atoms in total. The number of hydrogen-bond acceptors (Lipinski definition) is 4. The Kier molecular flexibility index (Phi) is 5.85. The van der Waals surface area contributed by atoms with Crippen molar-refractivity contribution >= 4 is 10.0 Å². The first-order valence-electron chi connectivity index (χ1n) is 8.51. The molecule has 1 fully saturated rings. The number of piperazine rings is 1. The minimum atomic E-state index is -3.55. The smallest absolute Gasteiger partial charge is 0.218 e. The predicted octanol–water partition coefficient (Wildman–Crippen LogP) is 2.68. The molecular weight excluding hydrogens is 372 g/mol. The molecule has 0 saturated carbocycles. The Bertz CT molecular complexity index is 934. The van der Waals surface area contributed by atoms with E-state index in [1.54, 1.807) is 23.1 Å². The Balaban J connectivity index is 1.66. The summed E-state index contributed by atoms with van der Waals surface area (Å²) in [5, 5.41) is 9.48. The molecule has 0 N–H and O–H groups in total. The summed E-state index contributed by atoms with van der Waals surface area (Å²) in [6, 6.07) is 12.8. The number of hydrogen-bond donors (Lipinski definition) is 0. The van der Waals surface area contributed by atoms with Crippen molar-refractivity contribution in [1.29, 1.82) is 5.26 Å². The van der Waals surface area contributed by atoms with E-state index in [9.17, 15) is 22.5 Å². The van der Waals surface area contributed by atoms with Gasteiger partial charge in [0.1, 0.15) is 17.7 Å². The van der Waals surface area contributed by atoms with E-state index in [1.165, 1.54) is 34.6 Å². The SMILES string of the molecule is N#CC(c1ccccc1F)N1CCN(S(=O)(=O)Cc2ccc(F)cc2)CC1. The van der Waals surface area contributed by atoms with Gasteiger partial charge >= 0.3 is 0 Å². The molecule has 0 radical (unpaired) electrons. The molecule has 8 heteroatoms. The lowest BCUT2D eigenvalue weighted by molar-refractivity contribution is 0.160. The van der Waals surface area contributed by atoms with Gasteiger partial charge in [0, 0.05) is 31.7 Å². The second-order valence-corrected chi connectivity index (χ2v) is 8.34. The highest BCUT2D eigenvalue weighted by atomic mass is 32.2. The maximum Gasteiger partial charge on any atom is 0.218 e. The summed E-state index contributed by atoms with van der Waals surface area (Å²) < 4.78 is 53.5. The van der Waals surface area contributed by atoms with Crippen LogP contribution in [-0.2, 0) is 15.8 Å². The lowest BCUT2D eigenvalue weighted by Crippen LogP contribution is -2.49. The summed E-state index contributed by atoms with van der Waals surface area (Å²) in [5.74, 6) is -1.07. The monoisotopic (exact) mass is 391 g/mol. The molecule has 1 unspecified atom stereocenters. The summed E-state index contributed by atoms with van der Waals surface area (Å²) >= 11 is 0. The van der Waals surface area contributed by atoms with E-state index >= 15 is 0 Å². The summed E-state index contributed by atoms with van der Waals surface area (Å²) in [5.41, 5.74) is 0.808. The molecule has 0 aliphatic carbocycles. The van der Waals surface area contributed by atoms with Gasteiger partial charge in [-0.1, -0.05) is 30.3 Å². The molecule has 2 aromatic rings. The summed E-state index contributed by atoms with van der Waals surface area (Å²) in [4.78, 5) is 1.78. The Morgan fingerprint density at radius 2 is 1.63 bits per heavy atom. The van der Waals surface area contributed by atoms with Gasteiger partial charge in [0.25, 0.3) is 0 Å².